The minimum atomic E-state index is -0.327. The summed E-state index contributed by atoms with van der Waals surface area (Å²) in [6, 6.07) is 7.01. The van der Waals surface area contributed by atoms with Gasteiger partial charge >= 0.3 is 0 Å². The zero-order valence-electron chi connectivity index (χ0n) is 12.0. The number of aromatic nitrogens is 2. The van der Waals surface area contributed by atoms with Crippen LogP contribution in [0, 0.1) is 13.8 Å². The maximum atomic E-state index is 11.9. The fraction of sp³-hybridized carbons (Fsp3) is 0.333. The zero-order valence-corrected chi connectivity index (χ0v) is 12.0. The first-order valence-corrected chi connectivity index (χ1v) is 6.44. The molecular formula is C15H19N3O2. The summed E-state index contributed by atoms with van der Waals surface area (Å²) in [5.74, 6) is 0.733. The molecule has 2 N–H and O–H groups in total. The molecule has 0 aliphatic heterocycles. The number of rotatable bonds is 4. The predicted octanol–water partition coefficient (Wildman–Crippen LogP) is 1.57. The van der Waals surface area contributed by atoms with Crippen LogP contribution in [0.25, 0.3) is 0 Å². The number of methoxy groups -OCH3 is 1. The van der Waals surface area contributed by atoms with Crippen molar-refractivity contribution in [3.8, 4) is 5.75 Å². The average molecular weight is 273 g/mol. The molecule has 0 amide bonds. The summed E-state index contributed by atoms with van der Waals surface area (Å²) in [5, 5.41) is 0. The van der Waals surface area contributed by atoms with Crippen LogP contribution in [0.4, 0.5) is 0 Å². The smallest absolute Gasteiger partial charge is 0.253 e. The maximum Gasteiger partial charge on any atom is 0.253 e. The second-order valence-corrected chi connectivity index (χ2v) is 4.87. The number of aryl methyl sites for hydroxylation is 2. The van der Waals surface area contributed by atoms with Gasteiger partial charge in [-0.2, -0.15) is 0 Å². The van der Waals surface area contributed by atoms with E-state index in [2.05, 4.69) is 4.98 Å². The molecule has 0 fully saturated rings. The normalized spacial score (nSPS) is 12.2. The maximum absolute atomic E-state index is 11.9. The Bertz CT molecular complexity index is 664. The standard InChI is InChI=1S/C15H19N3O2/c1-10-4-5-14(20-3)12(6-10)13(16)8-18-9-17-11(2)7-15(18)19/h4-7,9,13H,8,16H2,1-3H3. The highest BCUT2D eigenvalue weighted by atomic mass is 16.5. The molecule has 0 saturated heterocycles. The zero-order chi connectivity index (χ0) is 14.7. The summed E-state index contributed by atoms with van der Waals surface area (Å²) < 4.78 is 6.84. The van der Waals surface area contributed by atoms with Crippen LogP contribution in [0.15, 0.2) is 35.4 Å². The fourth-order valence-electron chi connectivity index (χ4n) is 2.11. The van der Waals surface area contributed by atoms with Crippen LogP contribution in [-0.4, -0.2) is 16.7 Å². The molecule has 0 bridgehead atoms. The first kappa shape index (κ1) is 14.3. The Labute approximate surface area is 118 Å². The third-order valence-electron chi connectivity index (χ3n) is 3.19. The molecule has 0 aliphatic rings. The van der Waals surface area contributed by atoms with Gasteiger partial charge in [-0.25, -0.2) is 4.98 Å². The Morgan fingerprint density at radius 1 is 1.35 bits per heavy atom. The van der Waals surface area contributed by atoms with Gasteiger partial charge < -0.3 is 10.5 Å². The SMILES string of the molecule is COc1ccc(C)cc1C(N)Cn1cnc(C)cc1=O. The molecule has 1 atom stereocenters. The van der Waals surface area contributed by atoms with Crippen molar-refractivity contribution in [2.24, 2.45) is 5.73 Å². The van der Waals surface area contributed by atoms with Crippen LogP contribution in [0.2, 0.25) is 0 Å². The largest absolute Gasteiger partial charge is 0.496 e. The number of benzene rings is 1. The molecule has 2 aromatic rings. The van der Waals surface area contributed by atoms with E-state index in [1.54, 1.807) is 14.0 Å². The lowest BCUT2D eigenvalue weighted by Crippen LogP contribution is -2.27. The van der Waals surface area contributed by atoms with Crippen LogP contribution < -0.4 is 16.0 Å². The lowest BCUT2D eigenvalue weighted by molar-refractivity contribution is 0.401. The van der Waals surface area contributed by atoms with E-state index in [1.807, 2.05) is 25.1 Å². The Balaban J connectivity index is 2.30. The Morgan fingerprint density at radius 2 is 2.10 bits per heavy atom. The second kappa shape index (κ2) is 5.88. The third-order valence-corrected chi connectivity index (χ3v) is 3.19. The van der Waals surface area contributed by atoms with Gasteiger partial charge in [0, 0.05) is 23.9 Å². The first-order valence-electron chi connectivity index (χ1n) is 6.44. The van der Waals surface area contributed by atoms with Crippen molar-refractivity contribution in [3.63, 3.8) is 0 Å². The minimum Gasteiger partial charge on any atom is -0.496 e. The van der Waals surface area contributed by atoms with Crippen LogP contribution in [0.5, 0.6) is 5.75 Å². The van der Waals surface area contributed by atoms with Crippen molar-refractivity contribution >= 4 is 0 Å². The van der Waals surface area contributed by atoms with Gasteiger partial charge in [0.1, 0.15) is 5.75 Å². The molecule has 106 valence electrons. The number of hydrogen-bond donors (Lipinski definition) is 1. The molecule has 0 radical (unpaired) electrons. The summed E-state index contributed by atoms with van der Waals surface area (Å²) in [7, 11) is 1.61. The molecule has 5 nitrogen and oxygen atoms in total. The lowest BCUT2D eigenvalue weighted by atomic mass is 10.0. The van der Waals surface area contributed by atoms with Gasteiger partial charge in [0.15, 0.2) is 0 Å². The van der Waals surface area contributed by atoms with E-state index in [0.717, 1.165) is 16.9 Å². The molecular weight excluding hydrogens is 254 g/mol. The fourth-order valence-corrected chi connectivity index (χ4v) is 2.11. The molecule has 20 heavy (non-hydrogen) atoms. The number of ether oxygens (including phenoxy) is 1. The first-order chi connectivity index (χ1) is 9.51. The van der Waals surface area contributed by atoms with Gasteiger partial charge in [0.05, 0.1) is 19.5 Å². The Kier molecular flexibility index (Phi) is 4.20. The monoisotopic (exact) mass is 273 g/mol. The van der Waals surface area contributed by atoms with Crippen LogP contribution in [0.1, 0.15) is 22.9 Å². The molecule has 1 heterocycles. The molecule has 0 spiro atoms. The lowest BCUT2D eigenvalue weighted by Gasteiger charge is -2.17. The molecule has 1 unspecified atom stereocenters. The van der Waals surface area contributed by atoms with Crippen molar-refractivity contribution in [1.82, 2.24) is 9.55 Å². The van der Waals surface area contributed by atoms with Crippen molar-refractivity contribution in [2.75, 3.05) is 7.11 Å². The van der Waals surface area contributed by atoms with Crippen molar-refractivity contribution in [1.29, 1.82) is 0 Å². The van der Waals surface area contributed by atoms with Crippen LogP contribution >= 0.6 is 0 Å². The van der Waals surface area contributed by atoms with E-state index in [9.17, 15) is 4.79 Å². The topological polar surface area (TPSA) is 70.1 Å². The van der Waals surface area contributed by atoms with Crippen LogP contribution in [-0.2, 0) is 6.54 Å². The average Bonchev–Trinajstić information content (AvgIpc) is 2.41. The van der Waals surface area contributed by atoms with Gasteiger partial charge in [-0.05, 0) is 19.9 Å². The molecule has 1 aromatic heterocycles. The predicted molar refractivity (Wildman–Crippen MR) is 77.9 cm³/mol. The van der Waals surface area contributed by atoms with E-state index >= 15 is 0 Å². The molecule has 5 heteroatoms. The second-order valence-electron chi connectivity index (χ2n) is 4.87. The van der Waals surface area contributed by atoms with Gasteiger partial charge in [0.25, 0.3) is 5.56 Å². The van der Waals surface area contributed by atoms with E-state index in [4.69, 9.17) is 10.5 Å². The quantitative estimate of drug-likeness (QED) is 0.918. The Morgan fingerprint density at radius 3 is 2.75 bits per heavy atom. The van der Waals surface area contributed by atoms with Crippen molar-refractivity contribution in [2.45, 2.75) is 26.4 Å². The molecule has 2 rings (SSSR count). The van der Waals surface area contributed by atoms with Crippen molar-refractivity contribution in [3.05, 3.63) is 57.8 Å². The van der Waals surface area contributed by atoms with E-state index in [-0.39, 0.29) is 11.6 Å². The highest BCUT2D eigenvalue weighted by molar-refractivity contribution is 5.38. The number of nitrogens with two attached hydrogens (primary N) is 1. The summed E-state index contributed by atoms with van der Waals surface area (Å²) in [4.78, 5) is 16.0. The Hall–Kier alpha value is -2.14. The van der Waals surface area contributed by atoms with E-state index in [0.29, 0.717) is 12.2 Å². The third kappa shape index (κ3) is 3.05. The van der Waals surface area contributed by atoms with Crippen molar-refractivity contribution < 1.29 is 4.74 Å². The summed E-state index contributed by atoms with van der Waals surface area (Å²) in [6.07, 6.45) is 1.53. The highest BCUT2D eigenvalue weighted by Gasteiger charge is 2.13. The molecule has 1 aromatic carbocycles. The van der Waals surface area contributed by atoms with Gasteiger partial charge in [0.2, 0.25) is 0 Å². The van der Waals surface area contributed by atoms with Gasteiger partial charge in [-0.1, -0.05) is 17.7 Å². The van der Waals surface area contributed by atoms with Crippen LogP contribution in [0.3, 0.4) is 0 Å². The molecule has 0 saturated carbocycles. The van der Waals surface area contributed by atoms with E-state index < -0.39 is 0 Å². The highest BCUT2D eigenvalue weighted by Crippen LogP contribution is 2.25. The number of hydrogen-bond acceptors (Lipinski definition) is 4. The summed E-state index contributed by atoms with van der Waals surface area (Å²) >= 11 is 0. The number of nitrogens with zero attached hydrogens (tertiary/aromatic N) is 2. The summed E-state index contributed by atoms with van der Waals surface area (Å²) in [6.45, 7) is 4.15. The molecule has 0 aliphatic carbocycles. The van der Waals surface area contributed by atoms with E-state index in [1.165, 1.54) is 17.0 Å². The summed E-state index contributed by atoms with van der Waals surface area (Å²) in [5.41, 5.74) is 8.81. The van der Waals surface area contributed by atoms with Gasteiger partial charge in [-0.15, -0.1) is 0 Å². The van der Waals surface area contributed by atoms with Gasteiger partial charge in [-0.3, -0.25) is 9.36 Å². The minimum absolute atomic E-state index is 0.0976.